The van der Waals surface area contributed by atoms with Gasteiger partial charge in [0.1, 0.15) is 10.9 Å². The molecule has 144 valence electrons. The Balaban J connectivity index is 1.61. The van der Waals surface area contributed by atoms with E-state index in [1.807, 2.05) is 0 Å². The standard InChI is InChI=1S/C18H21N3O5S/c1-18(17(23)24)8-10-20(11-18)16(22)13-6-4-9-21(13)15-12-5-2-3-7-14(12)27(25,26)19-15/h2-3,5,7,13H,4,6,8-11H2,1H3,(H,23,24)/t13-,18?/m0/s1. The van der Waals surface area contributed by atoms with Gasteiger partial charge in [-0.05, 0) is 38.3 Å². The number of carboxylic acid groups (broad SMARTS) is 1. The molecule has 1 unspecified atom stereocenters. The molecular weight excluding hydrogens is 370 g/mol. The first-order valence-electron chi connectivity index (χ1n) is 8.96. The summed E-state index contributed by atoms with van der Waals surface area (Å²) in [6, 6.07) is 6.11. The normalized spacial score (nSPS) is 28.9. The molecule has 9 heteroatoms. The maximum Gasteiger partial charge on any atom is 0.311 e. The summed E-state index contributed by atoms with van der Waals surface area (Å²) in [4.78, 5) is 28.1. The number of hydrogen-bond donors (Lipinski definition) is 1. The number of benzene rings is 1. The SMILES string of the molecule is CC1(C(=O)O)CCN(C(=O)[C@@H]2CCCN2C2=NS(=O)(=O)c3ccccc32)C1. The van der Waals surface area contributed by atoms with Crippen LogP contribution in [0.4, 0.5) is 0 Å². The number of hydrogen-bond acceptors (Lipinski definition) is 5. The molecule has 2 fully saturated rings. The summed E-state index contributed by atoms with van der Waals surface area (Å²) in [6.07, 6.45) is 1.76. The van der Waals surface area contributed by atoms with Crippen LogP contribution in [0.3, 0.4) is 0 Å². The summed E-state index contributed by atoms with van der Waals surface area (Å²) in [6.45, 7) is 2.77. The van der Waals surface area contributed by atoms with Gasteiger partial charge in [-0.15, -0.1) is 4.40 Å². The van der Waals surface area contributed by atoms with E-state index >= 15 is 0 Å². The van der Waals surface area contributed by atoms with Crippen LogP contribution in [-0.2, 0) is 19.6 Å². The smallest absolute Gasteiger partial charge is 0.311 e. The van der Waals surface area contributed by atoms with Crippen molar-refractivity contribution in [2.45, 2.75) is 37.1 Å². The number of rotatable bonds is 2. The first-order chi connectivity index (χ1) is 12.7. The molecule has 2 saturated heterocycles. The third kappa shape index (κ3) is 2.80. The van der Waals surface area contributed by atoms with E-state index in [2.05, 4.69) is 4.40 Å². The van der Waals surface area contributed by atoms with Crippen molar-refractivity contribution >= 4 is 27.7 Å². The van der Waals surface area contributed by atoms with Crippen LogP contribution in [0.5, 0.6) is 0 Å². The first-order valence-corrected chi connectivity index (χ1v) is 10.4. The van der Waals surface area contributed by atoms with Crippen LogP contribution >= 0.6 is 0 Å². The second-order valence-electron chi connectivity index (χ2n) is 7.61. The van der Waals surface area contributed by atoms with Gasteiger partial charge in [0.15, 0.2) is 5.84 Å². The van der Waals surface area contributed by atoms with E-state index in [0.29, 0.717) is 37.3 Å². The predicted octanol–water partition coefficient (Wildman–Crippen LogP) is 0.923. The van der Waals surface area contributed by atoms with Gasteiger partial charge in [0.2, 0.25) is 5.91 Å². The van der Waals surface area contributed by atoms with E-state index in [9.17, 15) is 23.1 Å². The van der Waals surface area contributed by atoms with Crippen molar-refractivity contribution in [3.8, 4) is 0 Å². The van der Waals surface area contributed by atoms with Gasteiger partial charge >= 0.3 is 5.97 Å². The molecule has 8 nitrogen and oxygen atoms in total. The van der Waals surface area contributed by atoms with E-state index < -0.39 is 27.4 Å². The van der Waals surface area contributed by atoms with Gasteiger partial charge in [0.25, 0.3) is 10.0 Å². The minimum Gasteiger partial charge on any atom is -0.481 e. The lowest BCUT2D eigenvalue weighted by atomic mass is 9.90. The number of likely N-dealkylation sites (tertiary alicyclic amines) is 2. The fourth-order valence-electron chi connectivity index (χ4n) is 4.11. The van der Waals surface area contributed by atoms with Gasteiger partial charge in [-0.3, -0.25) is 9.59 Å². The second-order valence-corrected chi connectivity index (χ2v) is 9.19. The average Bonchev–Trinajstić information content (AvgIpc) is 3.32. The zero-order valence-corrected chi connectivity index (χ0v) is 15.8. The summed E-state index contributed by atoms with van der Waals surface area (Å²) in [5.41, 5.74) is -0.408. The molecule has 3 aliphatic heterocycles. The van der Waals surface area contributed by atoms with Gasteiger partial charge in [-0.25, -0.2) is 0 Å². The summed E-state index contributed by atoms with van der Waals surface area (Å²) < 4.78 is 28.6. The number of amides is 1. The molecule has 1 aromatic carbocycles. The van der Waals surface area contributed by atoms with Crippen LogP contribution in [0.1, 0.15) is 31.7 Å². The highest BCUT2D eigenvalue weighted by atomic mass is 32.2. The summed E-state index contributed by atoms with van der Waals surface area (Å²) >= 11 is 0. The molecule has 27 heavy (non-hydrogen) atoms. The monoisotopic (exact) mass is 391 g/mol. The number of fused-ring (bicyclic) bond motifs is 1. The maximum absolute atomic E-state index is 13.1. The van der Waals surface area contributed by atoms with Gasteiger partial charge in [0.05, 0.1) is 5.41 Å². The van der Waals surface area contributed by atoms with Crippen molar-refractivity contribution in [1.29, 1.82) is 0 Å². The molecule has 0 spiro atoms. The highest BCUT2D eigenvalue weighted by molar-refractivity contribution is 7.90. The highest BCUT2D eigenvalue weighted by Crippen LogP contribution is 2.34. The Kier molecular flexibility index (Phi) is 4.03. The summed E-state index contributed by atoms with van der Waals surface area (Å²) in [5.74, 6) is -0.732. The molecule has 3 aliphatic rings. The van der Waals surface area contributed by atoms with Gasteiger partial charge < -0.3 is 14.9 Å². The summed E-state index contributed by atoms with van der Waals surface area (Å²) in [7, 11) is -3.75. The second kappa shape index (κ2) is 6.05. The third-order valence-electron chi connectivity index (χ3n) is 5.72. The molecule has 3 heterocycles. The highest BCUT2D eigenvalue weighted by Gasteiger charge is 2.46. The lowest BCUT2D eigenvalue weighted by Gasteiger charge is -2.29. The van der Waals surface area contributed by atoms with Gasteiger partial charge in [0, 0.05) is 25.2 Å². The lowest BCUT2D eigenvalue weighted by Crippen LogP contribution is -2.48. The van der Waals surface area contributed by atoms with Crippen molar-refractivity contribution in [3.05, 3.63) is 29.8 Å². The number of aliphatic carboxylic acids is 1. The number of nitrogens with zero attached hydrogens (tertiary/aromatic N) is 3. The Morgan fingerprint density at radius 2 is 2.00 bits per heavy atom. The quantitative estimate of drug-likeness (QED) is 0.803. The Labute approximate surface area is 157 Å². The van der Waals surface area contributed by atoms with Crippen LogP contribution in [0.15, 0.2) is 33.6 Å². The van der Waals surface area contributed by atoms with E-state index in [0.717, 1.165) is 6.42 Å². The topological polar surface area (TPSA) is 107 Å². The van der Waals surface area contributed by atoms with Crippen molar-refractivity contribution < 1.29 is 23.1 Å². The molecule has 2 atom stereocenters. The molecule has 0 bridgehead atoms. The van der Waals surface area contributed by atoms with Crippen molar-refractivity contribution in [2.75, 3.05) is 19.6 Å². The van der Waals surface area contributed by atoms with Crippen molar-refractivity contribution in [2.24, 2.45) is 9.81 Å². The minimum absolute atomic E-state index is 0.151. The van der Waals surface area contributed by atoms with E-state index in [1.54, 1.807) is 34.9 Å². The van der Waals surface area contributed by atoms with Crippen LogP contribution in [0.25, 0.3) is 0 Å². The Morgan fingerprint density at radius 1 is 1.26 bits per heavy atom. The molecule has 0 saturated carbocycles. The molecule has 1 amide bonds. The average molecular weight is 391 g/mol. The molecule has 0 aromatic heterocycles. The Bertz CT molecular complexity index is 957. The van der Waals surface area contributed by atoms with Crippen LogP contribution in [0, 0.1) is 5.41 Å². The fraction of sp³-hybridized carbons (Fsp3) is 0.500. The molecule has 0 aliphatic carbocycles. The largest absolute Gasteiger partial charge is 0.481 e. The number of carbonyl (C=O) groups is 2. The number of amidine groups is 1. The maximum atomic E-state index is 13.1. The zero-order chi connectivity index (χ0) is 19.4. The number of carboxylic acids is 1. The first kappa shape index (κ1) is 18.0. The van der Waals surface area contributed by atoms with Crippen molar-refractivity contribution in [1.82, 2.24) is 9.80 Å². The molecule has 0 radical (unpaired) electrons. The number of sulfonamides is 1. The Hall–Kier alpha value is -2.42. The fourth-order valence-corrected chi connectivity index (χ4v) is 5.32. The van der Waals surface area contributed by atoms with Crippen LogP contribution in [-0.4, -0.2) is 66.7 Å². The van der Waals surface area contributed by atoms with Gasteiger partial charge in [-0.1, -0.05) is 12.1 Å². The van der Waals surface area contributed by atoms with Gasteiger partial charge in [-0.2, -0.15) is 8.42 Å². The minimum atomic E-state index is -3.75. The van der Waals surface area contributed by atoms with E-state index in [1.165, 1.54) is 6.07 Å². The molecule has 1 aromatic rings. The molecule has 1 N–H and O–H groups in total. The molecular formula is C18H21N3O5S. The van der Waals surface area contributed by atoms with E-state index in [-0.39, 0.29) is 17.3 Å². The van der Waals surface area contributed by atoms with Crippen molar-refractivity contribution in [3.63, 3.8) is 0 Å². The molecule has 4 rings (SSSR count). The summed E-state index contributed by atoms with van der Waals surface area (Å²) in [5, 5.41) is 9.39. The zero-order valence-electron chi connectivity index (χ0n) is 15.0. The lowest BCUT2D eigenvalue weighted by molar-refractivity contribution is -0.147. The Morgan fingerprint density at radius 3 is 2.70 bits per heavy atom. The predicted molar refractivity (Wildman–Crippen MR) is 96.8 cm³/mol. The van der Waals surface area contributed by atoms with Crippen LogP contribution in [0.2, 0.25) is 0 Å². The van der Waals surface area contributed by atoms with Crippen LogP contribution < -0.4 is 0 Å². The number of carbonyl (C=O) groups excluding carboxylic acids is 1. The third-order valence-corrected chi connectivity index (χ3v) is 7.05. The van der Waals surface area contributed by atoms with E-state index in [4.69, 9.17) is 0 Å².